The molecule has 0 aromatic carbocycles. The predicted molar refractivity (Wildman–Crippen MR) is 67.2 cm³/mol. The van der Waals surface area contributed by atoms with Gasteiger partial charge in [0.2, 0.25) is 0 Å². The number of nitrogens with zero attached hydrogens (tertiary/aromatic N) is 1. The highest BCUT2D eigenvalue weighted by atomic mass is 15.2. The Labute approximate surface area is 95.4 Å². The monoisotopic (exact) mass is 212 g/mol. The second-order valence-electron chi connectivity index (χ2n) is 5.23. The topological polar surface area (TPSA) is 15.3 Å². The SMILES string of the molecule is CCCC(C)N1CCCC1CNC(C)C. The first-order valence-corrected chi connectivity index (χ1v) is 6.64. The number of likely N-dealkylation sites (tertiary alicyclic amines) is 1. The van der Waals surface area contributed by atoms with E-state index < -0.39 is 0 Å². The minimum Gasteiger partial charge on any atom is -0.313 e. The molecule has 90 valence electrons. The molecule has 1 heterocycles. The molecule has 1 fully saturated rings. The second-order valence-corrected chi connectivity index (χ2v) is 5.23. The molecule has 0 aliphatic carbocycles. The Balaban J connectivity index is 2.35. The lowest BCUT2D eigenvalue weighted by atomic mass is 10.1. The lowest BCUT2D eigenvalue weighted by Crippen LogP contribution is -2.44. The molecule has 1 aliphatic heterocycles. The van der Waals surface area contributed by atoms with Crippen LogP contribution < -0.4 is 5.32 Å². The number of hydrogen-bond donors (Lipinski definition) is 1. The first-order chi connectivity index (χ1) is 7.15. The molecule has 2 nitrogen and oxygen atoms in total. The maximum Gasteiger partial charge on any atom is 0.0224 e. The van der Waals surface area contributed by atoms with E-state index in [9.17, 15) is 0 Å². The van der Waals surface area contributed by atoms with Gasteiger partial charge in [0.1, 0.15) is 0 Å². The third-order valence-electron chi connectivity index (χ3n) is 3.46. The van der Waals surface area contributed by atoms with Gasteiger partial charge in [-0.1, -0.05) is 27.2 Å². The van der Waals surface area contributed by atoms with E-state index in [1.54, 1.807) is 0 Å². The van der Waals surface area contributed by atoms with Gasteiger partial charge < -0.3 is 5.32 Å². The molecule has 0 saturated carbocycles. The highest BCUT2D eigenvalue weighted by Crippen LogP contribution is 2.21. The molecule has 0 radical (unpaired) electrons. The Hall–Kier alpha value is -0.0800. The lowest BCUT2D eigenvalue weighted by molar-refractivity contribution is 0.177. The van der Waals surface area contributed by atoms with Crippen LogP contribution in [-0.4, -0.2) is 36.1 Å². The van der Waals surface area contributed by atoms with Crippen molar-refractivity contribution >= 4 is 0 Å². The molecule has 0 amide bonds. The van der Waals surface area contributed by atoms with E-state index in [1.165, 1.54) is 38.8 Å². The van der Waals surface area contributed by atoms with E-state index in [4.69, 9.17) is 0 Å². The summed E-state index contributed by atoms with van der Waals surface area (Å²) in [5.41, 5.74) is 0. The van der Waals surface area contributed by atoms with Crippen LogP contribution in [0.15, 0.2) is 0 Å². The summed E-state index contributed by atoms with van der Waals surface area (Å²) in [5.74, 6) is 0. The average Bonchev–Trinajstić information content (AvgIpc) is 2.62. The van der Waals surface area contributed by atoms with Crippen molar-refractivity contribution < 1.29 is 0 Å². The van der Waals surface area contributed by atoms with Crippen LogP contribution >= 0.6 is 0 Å². The predicted octanol–water partition coefficient (Wildman–Crippen LogP) is 2.64. The fourth-order valence-electron chi connectivity index (χ4n) is 2.61. The minimum absolute atomic E-state index is 0.619. The summed E-state index contributed by atoms with van der Waals surface area (Å²) in [6.45, 7) is 11.6. The Morgan fingerprint density at radius 1 is 1.33 bits per heavy atom. The van der Waals surface area contributed by atoms with Crippen LogP contribution in [0.5, 0.6) is 0 Å². The normalized spacial score (nSPS) is 25.0. The van der Waals surface area contributed by atoms with Crippen LogP contribution in [0, 0.1) is 0 Å². The third kappa shape index (κ3) is 4.12. The van der Waals surface area contributed by atoms with Crippen LogP contribution in [0.1, 0.15) is 53.4 Å². The number of nitrogens with one attached hydrogen (secondary N) is 1. The van der Waals surface area contributed by atoms with Crippen LogP contribution in [-0.2, 0) is 0 Å². The van der Waals surface area contributed by atoms with Crippen molar-refractivity contribution in [1.82, 2.24) is 10.2 Å². The summed E-state index contributed by atoms with van der Waals surface area (Å²) < 4.78 is 0. The van der Waals surface area contributed by atoms with Crippen LogP contribution in [0.4, 0.5) is 0 Å². The van der Waals surface area contributed by atoms with Gasteiger partial charge in [0.25, 0.3) is 0 Å². The molecule has 2 heteroatoms. The van der Waals surface area contributed by atoms with E-state index in [2.05, 4.69) is 37.9 Å². The van der Waals surface area contributed by atoms with Crippen molar-refractivity contribution in [2.45, 2.75) is 71.5 Å². The molecule has 2 unspecified atom stereocenters. The highest BCUT2D eigenvalue weighted by Gasteiger charge is 2.27. The smallest absolute Gasteiger partial charge is 0.0224 e. The molecule has 0 aromatic rings. The van der Waals surface area contributed by atoms with Crippen molar-refractivity contribution in [3.63, 3.8) is 0 Å². The highest BCUT2D eigenvalue weighted by molar-refractivity contribution is 4.84. The van der Waals surface area contributed by atoms with Crippen LogP contribution in [0.3, 0.4) is 0 Å². The van der Waals surface area contributed by atoms with Crippen LogP contribution in [0.25, 0.3) is 0 Å². The maximum atomic E-state index is 3.57. The van der Waals surface area contributed by atoms with E-state index >= 15 is 0 Å². The number of rotatable bonds is 6. The Morgan fingerprint density at radius 3 is 2.67 bits per heavy atom. The van der Waals surface area contributed by atoms with Gasteiger partial charge in [-0.2, -0.15) is 0 Å². The molecule has 0 spiro atoms. The Bertz CT molecular complexity index is 168. The minimum atomic E-state index is 0.619. The van der Waals surface area contributed by atoms with Crippen molar-refractivity contribution in [3.8, 4) is 0 Å². The summed E-state index contributed by atoms with van der Waals surface area (Å²) in [4.78, 5) is 2.71. The standard InChI is InChI=1S/C13H28N2/c1-5-7-12(4)15-9-6-8-13(15)10-14-11(2)3/h11-14H,5-10H2,1-4H3. The second kappa shape index (κ2) is 6.49. The molecule has 1 rings (SSSR count). The molecule has 1 N–H and O–H groups in total. The van der Waals surface area contributed by atoms with Gasteiger partial charge in [-0.15, -0.1) is 0 Å². The lowest BCUT2D eigenvalue weighted by Gasteiger charge is -2.31. The first-order valence-electron chi connectivity index (χ1n) is 6.64. The van der Waals surface area contributed by atoms with Gasteiger partial charge in [0, 0.05) is 24.7 Å². The quantitative estimate of drug-likeness (QED) is 0.728. The van der Waals surface area contributed by atoms with E-state index in [0.717, 1.165) is 12.1 Å². The number of hydrogen-bond acceptors (Lipinski definition) is 2. The zero-order chi connectivity index (χ0) is 11.3. The van der Waals surface area contributed by atoms with E-state index in [0.29, 0.717) is 6.04 Å². The van der Waals surface area contributed by atoms with Gasteiger partial charge in [0.05, 0.1) is 0 Å². The summed E-state index contributed by atoms with van der Waals surface area (Å²) in [6, 6.07) is 2.18. The average molecular weight is 212 g/mol. The van der Waals surface area contributed by atoms with Crippen molar-refractivity contribution in [2.75, 3.05) is 13.1 Å². The van der Waals surface area contributed by atoms with E-state index in [1.807, 2.05) is 0 Å². The van der Waals surface area contributed by atoms with Crippen molar-refractivity contribution in [1.29, 1.82) is 0 Å². The molecular formula is C13H28N2. The summed E-state index contributed by atoms with van der Waals surface area (Å²) in [7, 11) is 0. The molecule has 1 saturated heterocycles. The van der Waals surface area contributed by atoms with Gasteiger partial charge in [-0.05, 0) is 32.7 Å². The molecule has 15 heavy (non-hydrogen) atoms. The molecule has 0 aromatic heterocycles. The molecular weight excluding hydrogens is 184 g/mol. The maximum absolute atomic E-state index is 3.57. The first kappa shape index (κ1) is 13.0. The fourth-order valence-corrected chi connectivity index (χ4v) is 2.61. The summed E-state index contributed by atoms with van der Waals surface area (Å²) in [6.07, 6.45) is 5.42. The third-order valence-corrected chi connectivity index (χ3v) is 3.46. The van der Waals surface area contributed by atoms with Crippen molar-refractivity contribution in [3.05, 3.63) is 0 Å². The zero-order valence-electron chi connectivity index (χ0n) is 10.9. The van der Waals surface area contributed by atoms with Crippen molar-refractivity contribution in [2.24, 2.45) is 0 Å². The Kier molecular flexibility index (Phi) is 5.62. The largest absolute Gasteiger partial charge is 0.313 e. The summed E-state index contributed by atoms with van der Waals surface area (Å²) >= 11 is 0. The Morgan fingerprint density at radius 2 is 2.07 bits per heavy atom. The van der Waals surface area contributed by atoms with Gasteiger partial charge in [0.15, 0.2) is 0 Å². The molecule has 2 atom stereocenters. The zero-order valence-corrected chi connectivity index (χ0v) is 10.9. The van der Waals surface area contributed by atoms with E-state index in [-0.39, 0.29) is 0 Å². The van der Waals surface area contributed by atoms with Crippen LogP contribution in [0.2, 0.25) is 0 Å². The molecule has 0 bridgehead atoms. The van der Waals surface area contributed by atoms with Gasteiger partial charge >= 0.3 is 0 Å². The van der Waals surface area contributed by atoms with Gasteiger partial charge in [-0.25, -0.2) is 0 Å². The molecule has 1 aliphatic rings. The fraction of sp³-hybridized carbons (Fsp3) is 1.00. The van der Waals surface area contributed by atoms with Gasteiger partial charge in [-0.3, -0.25) is 4.90 Å². The summed E-state index contributed by atoms with van der Waals surface area (Å²) in [5, 5.41) is 3.57.